The van der Waals surface area contributed by atoms with Gasteiger partial charge in [-0.1, -0.05) is 30.3 Å². The van der Waals surface area contributed by atoms with Crippen LogP contribution in [0.2, 0.25) is 0 Å². The quantitative estimate of drug-likeness (QED) is 0.691. The fourth-order valence-corrected chi connectivity index (χ4v) is 2.39. The highest BCUT2D eigenvalue weighted by Crippen LogP contribution is 2.32. The van der Waals surface area contributed by atoms with E-state index < -0.39 is 0 Å². The van der Waals surface area contributed by atoms with Crippen LogP contribution in [0.3, 0.4) is 0 Å². The highest BCUT2D eigenvalue weighted by atomic mass is 32.1. The minimum absolute atomic E-state index is 0.0212. The SMILES string of the molecule is Oc1ccc(N=Nc2nc(-c3ccccc3)cs2)c(O)c1. The lowest BCUT2D eigenvalue weighted by atomic mass is 10.2. The Morgan fingerprint density at radius 3 is 2.52 bits per heavy atom. The van der Waals surface area contributed by atoms with Gasteiger partial charge in [0.05, 0.1) is 5.69 Å². The Kier molecular flexibility index (Phi) is 3.61. The molecule has 1 aromatic heterocycles. The molecular formula is C15H11N3O2S. The predicted molar refractivity (Wildman–Crippen MR) is 81.5 cm³/mol. The van der Waals surface area contributed by atoms with Crippen molar-refractivity contribution in [1.82, 2.24) is 4.98 Å². The Hall–Kier alpha value is -2.73. The fraction of sp³-hybridized carbons (Fsp3) is 0. The first-order valence-corrected chi connectivity index (χ1v) is 7.05. The minimum atomic E-state index is -0.126. The molecule has 3 rings (SSSR count). The van der Waals surface area contributed by atoms with Gasteiger partial charge in [-0.15, -0.1) is 21.6 Å². The average Bonchev–Trinajstić information content (AvgIpc) is 2.96. The average molecular weight is 297 g/mol. The highest BCUT2D eigenvalue weighted by molar-refractivity contribution is 7.13. The van der Waals surface area contributed by atoms with Gasteiger partial charge in [0, 0.05) is 17.0 Å². The van der Waals surface area contributed by atoms with Gasteiger partial charge in [-0.05, 0) is 12.1 Å². The molecule has 0 fully saturated rings. The van der Waals surface area contributed by atoms with Crippen LogP contribution in [-0.2, 0) is 0 Å². The van der Waals surface area contributed by atoms with Crippen LogP contribution < -0.4 is 0 Å². The maximum absolute atomic E-state index is 9.62. The maximum Gasteiger partial charge on any atom is 0.230 e. The topological polar surface area (TPSA) is 78.1 Å². The third-order valence-corrected chi connectivity index (χ3v) is 3.49. The van der Waals surface area contributed by atoms with E-state index in [1.54, 1.807) is 0 Å². The number of nitrogens with zero attached hydrogens (tertiary/aromatic N) is 3. The molecular weight excluding hydrogens is 286 g/mol. The molecule has 0 unspecified atom stereocenters. The van der Waals surface area contributed by atoms with Gasteiger partial charge in [0.25, 0.3) is 0 Å². The molecule has 0 radical (unpaired) electrons. The summed E-state index contributed by atoms with van der Waals surface area (Å²) in [5, 5.41) is 29.2. The molecule has 3 aromatic rings. The van der Waals surface area contributed by atoms with Crippen molar-refractivity contribution < 1.29 is 10.2 Å². The summed E-state index contributed by atoms with van der Waals surface area (Å²) in [6, 6.07) is 13.9. The molecule has 0 aliphatic carbocycles. The molecule has 0 aliphatic heterocycles. The summed E-state index contributed by atoms with van der Waals surface area (Å²) in [4.78, 5) is 4.37. The van der Waals surface area contributed by atoms with Crippen molar-refractivity contribution in [3.63, 3.8) is 0 Å². The molecule has 1 heterocycles. The van der Waals surface area contributed by atoms with E-state index in [-0.39, 0.29) is 17.2 Å². The number of hydrogen-bond acceptors (Lipinski definition) is 6. The van der Waals surface area contributed by atoms with Crippen molar-refractivity contribution in [3.8, 4) is 22.8 Å². The molecule has 2 N–H and O–H groups in total. The lowest BCUT2D eigenvalue weighted by molar-refractivity contribution is 0.451. The Morgan fingerprint density at radius 1 is 0.952 bits per heavy atom. The van der Waals surface area contributed by atoms with Gasteiger partial charge in [-0.3, -0.25) is 0 Å². The monoisotopic (exact) mass is 297 g/mol. The molecule has 0 saturated heterocycles. The van der Waals surface area contributed by atoms with Crippen LogP contribution in [0.5, 0.6) is 11.5 Å². The van der Waals surface area contributed by atoms with Crippen LogP contribution in [0.25, 0.3) is 11.3 Å². The molecule has 0 aliphatic rings. The normalized spacial score (nSPS) is 11.0. The van der Waals surface area contributed by atoms with Crippen molar-refractivity contribution in [2.45, 2.75) is 0 Å². The Balaban J connectivity index is 1.83. The van der Waals surface area contributed by atoms with Crippen LogP contribution >= 0.6 is 11.3 Å². The number of rotatable bonds is 3. The molecule has 6 heteroatoms. The van der Waals surface area contributed by atoms with Crippen LogP contribution in [0, 0.1) is 0 Å². The van der Waals surface area contributed by atoms with E-state index in [1.807, 2.05) is 35.7 Å². The number of azo groups is 1. The van der Waals surface area contributed by atoms with E-state index in [0.717, 1.165) is 11.3 Å². The lowest BCUT2D eigenvalue weighted by Crippen LogP contribution is -1.74. The highest BCUT2D eigenvalue weighted by Gasteiger charge is 2.04. The second kappa shape index (κ2) is 5.72. The Labute approximate surface area is 124 Å². The Morgan fingerprint density at radius 2 is 1.76 bits per heavy atom. The zero-order valence-corrected chi connectivity index (χ0v) is 11.7. The van der Waals surface area contributed by atoms with E-state index in [0.29, 0.717) is 5.13 Å². The number of phenols is 2. The first-order chi connectivity index (χ1) is 10.2. The van der Waals surface area contributed by atoms with Crippen molar-refractivity contribution in [3.05, 3.63) is 53.9 Å². The third kappa shape index (κ3) is 3.06. The molecule has 21 heavy (non-hydrogen) atoms. The van der Waals surface area contributed by atoms with Crippen molar-refractivity contribution >= 4 is 22.2 Å². The minimum Gasteiger partial charge on any atom is -0.508 e. The molecule has 0 atom stereocenters. The van der Waals surface area contributed by atoms with E-state index >= 15 is 0 Å². The van der Waals surface area contributed by atoms with Gasteiger partial charge in [-0.2, -0.15) is 0 Å². The van der Waals surface area contributed by atoms with Crippen LogP contribution in [0.15, 0.2) is 64.1 Å². The number of thiazole rings is 1. The smallest absolute Gasteiger partial charge is 0.230 e. The van der Waals surface area contributed by atoms with Crippen molar-refractivity contribution in [2.75, 3.05) is 0 Å². The lowest BCUT2D eigenvalue weighted by Gasteiger charge is -1.97. The molecule has 104 valence electrons. The van der Waals surface area contributed by atoms with Gasteiger partial charge in [-0.25, -0.2) is 4.98 Å². The van der Waals surface area contributed by atoms with Crippen LogP contribution in [0.1, 0.15) is 0 Å². The standard InChI is InChI=1S/C15H11N3O2S/c19-11-6-7-12(14(20)8-11)17-18-15-16-13(9-21-15)10-4-2-1-3-5-10/h1-9,19-20H. The summed E-state index contributed by atoms with van der Waals surface area (Å²) in [7, 11) is 0. The number of hydrogen-bond donors (Lipinski definition) is 2. The number of phenolic OH excluding ortho intramolecular Hbond substituents is 2. The number of aromatic hydroxyl groups is 2. The van der Waals surface area contributed by atoms with Crippen LogP contribution in [-0.4, -0.2) is 15.2 Å². The molecule has 0 bridgehead atoms. The van der Waals surface area contributed by atoms with Crippen molar-refractivity contribution in [2.24, 2.45) is 10.2 Å². The molecule has 2 aromatic carbocycles. The summed E-state index contributed by atoms with van der Waals surface area (Å²) in [5.74, 6) is -0.148. The van der Waals surface area contributed by atoms with Gasteiger partial charge in [0.15, 0.2) is 0 Å². The maximum atomic E-state index is 9.62. The van der Waals surface area contributed by atoms with Crippen molar-refractivity contribution in [1.29, 1.82) is 0 Å². The third-order valence-electron chi connectivity index (χ3n) is 2.76. The van der Waals surface area contributed by atoms with E-state index in [9.17, 15) is 10.2 Å². The first-order valence-electron chi connectivity index (χ1n) is 6.17. The zero-order valence-electron chi connectivity index (χ0n) is 10.8. The van der Waals surface area contributed by atoms with E-state index in [4.69, 9.17) is 0 Å². The molecule has 0 spiro atoms. The largest absolute Gasteiger partial charge is 0.508 e. The van der Waals surface area contributed by atoms with Gasteiger partial charge >= 0.3 is 0 Å². The Bertz CT molecular complexity index is 785. The summed E-state index contributed by atoms with van der Waals surface area (Å²) in [6.45, 7) is 0. The summed E-state index contributed by atoms with van der Waals surface area (Å²) < 4.78 is 0. The van der Waals surface area contributed by atoms with E-state index in [2.05, 4.69) is 15.2 Å². The second-order valence-corrected chi connectivity index (χ2v) is 5.09. The number of benzene rings is 2. The predicted octanol–water partition coefficient (Wildman–Crippen LogP) is 4.64. The summed E-state index contributed by atoms with van der Waals surface area (Å²) in [6.07, 6.45) is 0. The zero-order chi connectivity index (χ0) is 14.7. The fourth-order valence-electron chi connectivity index (χ4n) is 1.74. The van der Waals surface area contributed by atoms with Gasteiger partial charge in [0.2, 0.25) is 5.13 Å². The summed E-state index contributed by atoms with van der Waals surface area (Å²) in [5.41, 5.74) is 2.14. The van der Waals surface area contributed by atoms with Gasteiger partial charge in [0.1, 0.15) is 17.2 Å². The van der Waals surface area contributed by atoms with E-state index in [1.165, 1.54) is 29.5 Å². The second-order valence-electron chi connectivity index (χ2n) is 4.25. The summed E-state index contributed by atoms with van der Waals surface area (Å²) >= 11 is 1.37. The molecule has 0 amide bonds. The molecule has 0 saturated carbocycles. The van der Waals surface area contributed by atoms with Gasteiger partial charge < -0.3 is 10.2 Å². The van der Waals surface area contributed by atoms with Crippen LogP contribution in [0.4, 0.5) is 10.8 Å². The molecule has 5 nitrogen and oxygen atoms in total. The number of aromatic nitrogens is 1. The first kappa shape index (κ1) is 13.3.